The first-order chi connectivity index (χ1) is 13.2. The second kappa shape index (κ2) is 10.1. The highest BCUT2D eigenvalue weighted by atomic mass is 35.7. The maximum atomic E-state index is 12.7. The van der Waals surface area contributed by atoms with Crippen LogP contribution in [0.1, 0.15) is 33.6 Å². The van der Waals surface area contributed by atoms with Crippen molar-refractivity contribution in [2.24, 2.45) is 16.7 Å². The predicted octanol–water partition coefficient (Wildman–Crippen LogP) is -1.48. The van der Waals surface area contributed by atoms with Gasteiger partial charge in [-0.05, 0) is 29.2 Å². The minimum Gasteiger partial charge on any atom is -0.376 e. The van der Waals surface area contributed by atoms with Crippen molar-refractivity contribution in [1.29, 1.82) is 0 Å². The van der Waals surface area contributed by atoms with Gasteiger partial charge in [-0.1, -0.05) is 32.9 Å². The average molecular weight is 452 g/mol. The number of amides is 1. The second-order valence-corrected chi connectivity index (χ2v) is 11.5. The Kier molecular flexibility index (Phi) is 9.23. The van der Waals surface area contributed by atoms with Crippen LogP contribution in [0.4, 0.5) is 0 Å². The van der Waals surface area contributed by atoms with E-state index in [2.05, 4.69) is 40.2 Å². The minimum atomic E-state index is -4.94. The Morgan fingerprint density at radius 1 is 1.21 bits per heavy atom. The molecule has 0 N–H and O–H groups in total. The number of hydrogen-bond acceptors (Lipinski definition) is 6. The van der Waals surface area contributed by atoms with Crippen molar-refractivity contribution in [1.82, 2.24) is 4.90 Å². The zero-order valence-corrected chi connectivity index (χ0v) is 19.6. The minimum absolute atomic E-state index is 0.0100. The van der Waals surface area contributed by atoms with Crippen LogP contribution < -0.4 is 18.6 Å². The molecule has 2 saturated carbocycles. The summed E-state index contributed by atoms with van der Waals surface area (Å²) in [4.78, 5) is 14.6. The largest absolute Gasteiger partial charge is 0.376 e. The molecule has 1 unspecified atom stereocenters. The zero-order chi connectivity index (χ0) is 22.6. The first-order valence-corrected chi connectivity index (χ1v) is 12.6. The molecule has 2 fully saturated rings. The average Bonchev–Trinajstić information content (AvgIpc) is 2.91. The lowest BCUT2D eigenvalue weighted by Gasteiger charge is -2.38. The summed E-state index contributed by atoms with van der Waals surface area (Å²) in [5.41, 5.74) is 0.508. The van der Waals surface area contributed by atoms with Crippen LogP contribution in [0.3, 0.4) is 0 Å². The molecule has 29 heavy (non-hydrogen) atoms. The maximum Gasteiger partial charge on any atom is 0.273 e. The van der Waals surface area contributed by atoms with E-state index in [1.165, 1.54) is 12.8 Å². The summed E-state index contributed by atoms with van der Waals surface area (Å²) in [5, 5.41) is 0.488. The molecule has 9 heteroatoms. The van der Waals surface area contributed by atoms with Gasteiger partial charge in [0.2, 0.25) is 0 Å². The van der Waals surface area contributed by atoms with Gasteiger partial charge in [-0.3, -0.25) is 4.79 Å². The molecular weight excluding hydrogens is 418 g/mol. The van der Waals surface area contributed by atoms with Crippen LogP contribution in [-0.2, 0) is 20.4 Å². The second-order valence-electron chi connectivity index (χ2n) is 8.49. The molecule has 0 spiro atoms. The predicted molar refractivity (Wildman–Crippen MR) is 104 cm³/mol. The summed E-state index contributed by atoms with van der Waals surface area (Å²) in [6.45, 7) is 15.9. The monoisotopic (exact) mass is 451 g/mol. The van der Waals surface area contributed by atoms with Crippen LogP contribution in [0, 0.1) is 27.0 Å². The van der Waals surface area contributed by atoms with Crippen molar-refractivity contribution in [2.45, 2.75) is 45.0 Å². The molecule has 0 heterocycles. The third-order valence-electron chi connectivity index (χ3n) is 6.82. The van der Waals surface area contributed by atoms with E-state index in [0.29, 0.717) is 30.0 Å². The van der Waals surface area contributed by atoms with Crippen molar-refractivity contribution in [3.05, 3.63) is 25.3 Å². The van der Waals surface area contributed by atoms with E-state index in [9.17, 15) is 4.79 Å². The van der Waals surface area contributed by atoms with Gasteiger partial charge in [-0.25, -0.2) is 18.6 Å². The van der Waals surface area contributed by atoms with Gasteiger partial charge in [0.05, 0.1) is 6.26 Å². The van der Waals surface area contributed by atoms with E-state index in [-0.39, 0.29) is 33.7 Å². The molecule has 168 valence electrons. The first-order valence-electron chi connectivity index (χ1n) is 9.50. The van der Waals surface area contributed by atoms with Gasteiger partial charge in [0, 0.05) is 31.5 Å². The fraction of sp³-hybridized carbons (Fsp3) is 0.750. The number of halogens is 1. The Morgan fingerprint density at radius 2 is 1.69 bits per heavy atom. The van der Waals surface area contributed by atoms with E-state index in [4.69, 9.17) is 23.4 Å². The summed E-state index contributed by atoms with van der Waals surface area (Å²) in [6.07, 6.45) is 8.60. The standard InChI is InChI=1S/C20H34NO2S.ClHO4/c1-8-12-21(13-9-2)16(22)14-24(7)17-15-10-11-20(5,18(17)23-6)19(15,3)4;2-1(3,4)5/h8-9,15,17-18H,1-2,10-14H2,3-7H3;(H,2,3,4,5)/q+1;/p-1/t15-,17-,18-,20+,24?;/m1./s1. The fourth-order valence-corrected chi connectivity index (χ4v) is 7.71. The summed E-state index contributed by atoms with van der Waals surface area (Å²) in [6, 6.07) is 0. The van der Waals surface area contributed by atoms with Crippen LogP contribution in [0.2, 0.25) is 0 Å². The fourth-order valence-electron chi connectivity index (χ4n) is 5.08. The van der Waals surface area contributed by atoms with Gasteiger partial charge in [0.15, 0.2) is 5.75 Å². The summed E-state index contributed by atoms with van der Waals surface area (Å²) >= 11 is 0. The number of hydrogen-bond donors (Lipinski definition) is 0. The molecule has 0 aromatic carbocycles. The summed E-state index contributed by atoms with van der Waals surface area (Å²) in [5.74, 6) is 1.47. The van der Waals surface area contributed by atoms with Crippen LogP contribution in [0.5, 0.6) is 0 Å². The number of rotatable bonds is 8. The molecule has 0 saturated heterocycles. The molecule has 5 atom stereocenters. The van der Waals surface area contributed by atoms with E-state index >= 15 is 0 Å². The molecule has 2 rings (SSSR count). The lowest BCUT2D eigenvalue weighted by molar-refractivity contribution is -2.00. The number of carbonyl (C=O) groups excluding carboxylic acids is 1. The number of carbonyl (C=O) groups is 1. The van der Waals surface area contributed by atoms with E-state index in [1.807, 2.05) is 12.0 Å². The Balaban J connectivity index is 0.000000749. The van der Waals surface area contributed by atoms with E-state index in [0.717, 1.165) is 0 Å². The Morgan fingerprint density at radius 3 is 2.10 bits per heavy atom. The molecule has 7 nitrogen and oxygen atoms in total. The van der Waals surface area contributed by atoms with Gasteiger partial charge in [0.25, 0.3) is 5.91 Å². The van der Waals surface area contributed by atoms with Gasteiger partial charge in [-0.15, -0.1) is 23.4 Å². The third kappa shape index (κ3) is 5.97. The highest BCUT2D eigenvalue weighted by Crippen LogP contribution is 2.67. The van der Waals surface area contributed by atoms with Gasteiger partial charge < -0.3 is 9.64 Å². The Bertz CT molecular complexity index is 580. The maximum absolute atomic E-state index is 12.7. The first kappa shape index (κ1) is 26.4. The summed E-state index contributed by atoms with van der Waals surface area (Å²) < 4.78 is 40.0. The van der Waals surface area contributed by atoms with Crippen molar-refractivity contribution in [3.63, 3.8) is 0 Å². The van der Waals surface area contributed by atoms with Crippen molar-refractivity contribution in [2.75, 3.05) is 32.2 Å². The van der Waals surface area contributed by atoms with Crippen LogP contribution in [0.25, 0.3) is 0 Å². The highest BCUT2D eigenvalue weighted by molar-refractivity contribution is 7.97. The van der Waals surface area contributed by atoms with Crippen LogP contribution >= 0.6 is 0 Å². The van der Waals surface area contributed by atoms with Gasteiger partial charge in [-0.2, -0.15) is 0 Å². The smallest absolute Gasteiger partial charge is 0.273 e. The lowest BCUT2D eigenvalue weighted by Crippen LogP contribution is -2.68. The van der Waals surface area contributed by atoms with Crippen molar-refractivity contribution in [3.8, 4) is 0 Å². The number of ether oxygens (including phenoxy) is 1. The van der Waals surface area contributed by atoms with Crippen molar-refractivity contribution < 1.29 is 38.4 Å². The van der Waals surface area contributed by atoms with E-state index < -0.39 is 10.2 Å². The number of nitrogens with zero attached hydrogens (tertiary/aromatic N) is 1. The van der Waals surface area contributed by atoms with Gasteiger partial charge in [0.1, 0.15) is 11.4 Å². The normalized spacial score (nSPS) is 30.9. The van der Waals surface area contributed by atoms with Crippen LogP contribution in [0.15, 0.2) is 25.3 Å². The topological polar surface area (TPSA) is 122 Å². The molecule has 2 bridgehead atoms. The molecule has 2 aliphatic carbocycles. The lowest BCUT2D eigenvalue weighted by atomic mass is 9.70. The Hall–Kier alpha value is -0.610. The van der Waals surface area contributed by atoms with Gasteiger partial charge >= 0.3 is 0 Å². The third-order valence-corrected chi connectivity index (χ3v) is 9.03. The molecular formula is C20H34ClNO6S. The van der Waals surface area contributed by atoms with Crippen LogP contribution in [-0.4, -0.2) is 54.4 Å². The molecule has 0 aromatic heterocycles. The van der Waals surface area contributed by atoms with Crippen molar-refractivity contribution >= 4 is 16.8 Å². The molecule has 1 amide bonds. The molecule has 0 aromatic rings. The van der Waals surface area contributed by atoms with E-state index in [1.54, 1.807) is 12.2 Å². The highest BCUT2D eigenvalue weighted by Gasteiger charge is 2.70. The Labute approximate surface area is 179 Å². The molecule has 0 aliphatic heterocycles. The number of fused-ring (bicyclic) bond motifs is 2. The zero-order valence-electron chi connectivity index (χ0n) is 18.0. The molecule has 0 radical (unpaired) electrons. The SMILES string of the molecule is C=CCN(CC=C)C(=O)C[S+](C)[C@@H]1[C@H]2CC[C@@](C)([C@@H]1OC)C2(C)C.[O-][Cl+3]([O-])([O-])[O-]. The molecule has 2 aliphatic rings. The number of methoxy groups -OCH3 is 1. The quantitative estimate of drug-likeness (QED) is 0.327. The summed E-state index contributed by atoms with van der Waals surface area (Å²) in [7, 11) is -3.09.